The van der Waals surface area contributed by atoms with Crippen molar-refractivity contribution in [3.05, 3.63) is 251 Å². The van der Waals surface area contributed by atoms with Crippen molar-refractivity contribution in [2.75, 3.05) is 19.0 Å². The van der Waals surface area contributed by atoms with Crippen LogP contribution in [0, 0.1) is 0 Å². The van der Waals surface area contributed by atoms with Crippen LogP contribution in [0.5, 0.6) is 0 Å². The van der Waals surface area contributed by atoms with Crippen molar-refractivity contribution in [1.82, 2.24) is 0 Å². The van der Waals surface area contributed by atoms with E-state index in [9.17, 15) is 0 Å². The summed E-state index contributed by atoms with van der Waals surface area (Å²) in [5.41, 5.74) is 6.66. The van der Waals surface area contributed by atoms with Gasteiger partial charge in [-0.15, -0.1) is 11.8 Å². The summed E-state index contributed by atoms with van der Waals surface area (Å²) in [5, 5.41) is 0. The molecule has 2 aliphatic heterocycles. The summed E-state index contributed by atoms with van der Waals surface area (Å²) in [6.07, 6.45) is -6.22. The zero-order valence-corrected chi connectivity index (χ0v) is 46.8. The molecule has 9 rings (SSSR count). The Morgan fingerprint density at radius 3 is 1.00 bits per heavy atom. The molecule has 7 aromatic rings. The van der Waals surface area contributed by atoms with Crippen molar-refractivity contribution in [2.45, 2.75) is 127 Å². The van der Waals surface area contributed by atoms with E-state index in [-0.39, 0.29) is 26.4 Å². The summed E-state index contributed by atoms with van der Waals surface area (Å²) < 4.78 is 77.6. The molecule has 13 heteroatoms. The highest BCUT2D eigenvalue weighted by atomic mass is 32.2. The van der Waals surface area contributed by atoms with Gasteiger partial charge in [0.1, 0.15) is 54.3 Å². The SMILES string of the molecule is CCS[C@@H]1O[C@H](COCc2ccccc2)[C@@H](OCc2ccccc2)[C@H](OCc2ccccc2)[C@H]1O[Si](C)(C)O[C@H]1[C@H](OCc2ccccc2)O[C@H](COCc2ccccc2)[C@@H](OCc2ccccc2)[C@@H]1OCc1ccccc1. The fraction of sp³-hybridized carbons (Fsp3) is 0.354. The van der Waals surface area contributed by atoms with Crippen molar-refractivity contribution in [3.8, 4) is 0 Å². The molecule has 0 N–H and O–H groups in total. The first-order valence-corrected chi connectivity index (χ1v) is 31.0. The molecule has 0 amide bonds. The van der Waals surface area contributed by atoms with Crippen molar-refractivity contribution in [3.63, 3.8) is 0 Å². The van der Waals surface area contributed by atoms with Gasteiger partial charge >= 0.3 is 8.56 Å². The highest BCUT2D eigenvalue weighted by Gasteiger charge is 2.54. The number of hydrogen-bond acceptors (Lipinski definition) is 12. The second kappa shape index (κ2) is 30.3. The fourth-order valence-electron chi connectivity index (χ4n) is 9.73. The molecule has 410 valence electrons. The number of hydrogen-bond donors (Lipinski definition) is 0. The Bertz CT molecular complexity index is 2720. The molecule has 0 saturated carbocycles. The third kappa shape index (κ3) is 17.3. The van der Waals surface area contributed by atoms with Gasteiger partial charge in [-0.3, -0.25) is 0 Å². The molecular weight excluding hydrogens is 1020 g/mol. The summed E-state index contributed by atoms with van der Waals surface area (Å²) in [6.45, 7) is 8.98. The van der Waals surface area contributed by atoms with Gasteiger partial charge in [-0.05, 0) is 57.8 Å². The van der Waals surface area contributed by atoms with E-state index >= 15 is 0 Å². The quantitative estimate of drug-likeness (QED) is 0.0417. The van der Waals surface area contributed by atoms with Crippen LogP contribution in [0.2, 0.25) is 13.1 Å². The molecule has 2 heterocycles. The summed E-state index contributed by atoms with van der Waals surface area (Å²) in [4.78, 5) is 0. The van der Waals surface area contributed by atoms with E-state index < -0.39 is 69.1 Å². The Morgan fingerprint density at radius 1 is 0.346 bits per heavy atom. The van der Waals surface area contributed by atoms with Crippen molar-refractivity contribution in [1.29, 1.82) is 0 Å². The third-order valence-electron chi connectivity index (χ3n) is 13.5. The minimum Gasteiger partial charge on any atom is -0.385 e. The molecular formula is C65H74O11SSi. The lowest BCUT2D eigenvalue weighted by molar-refractivity contribution is -0.320. The van der Waals surface area contributed by atoms with Crippen LogP contribution in [0.3, 0.4) is 0 Å². The Balaban J connectivity index is 1.06. The molecule has 0 radical (unpaired) electrons. The zero-order chi connectivity index (χ0) is 53.6. The van der Waals surface area contributed by atoms with Crippen LogP contribution in [0.25, 0.3) is 0 Å². The Kier molecular flexibility index (Phi) is 22.3. The summed E-state index contributed by atoms with van der Waals surface area (Å²) in [7, 11) is -3.40. The van der Waals surface area contributed by atoms with Gasteiger partial charge in [0.15, 0.2) is 6.29 Å². The van der Waals surface area contributed by atoms with E-state index in [0.29, 0.717) is 33.0 Å². The van der Waals surface area contributed by atoms with Crippen LogP contribution in [0.4, 0.5) is 0 Å². The fourth-order valence-corrected chi connectivity index (χ4v) is 12.6. The van der Waals surface area contributed by atoms with Crippen molar-refractivity contribution in [2.24, 2.45) is 0 Å². The summed E-state index contributed by atoms with van der Waals surface area (Å²) in [6, 6.07) is 71.0. The van der Waals surface area contributed by atoms with Gasteiger partial charge in [0, 0.05) is 0 Å². The van der Waals surface area contributed by atoms with Crippen molar-refractivity contribution < 1.29 is 51.5 Å². The Morgan fingerprint density at radius 2 is 0.641 bits per heavy atom. The van der Waals surface area contributed by atoms with Crippen LogP contribution in [0.1, 0.15) is 45.9 Å². The van der Waals surface area contributed by atoms with Gasteiger partial charge in [-0.2, -0.15) is 0 Å². The lowest BCUT2D eigenvalue weighted by atomic mass is 9.98. The van der Waals surface area contributed by atoms with Crippen LogP contribution in [0.15, 0.2) is 212 Å². The van der Waals surface area contributed by atoms with Crippen LogP contribution >= 0.6 is 11.8 Å². The predicted molar refractivity (Wildman–Crippen MR) is 306 cm³/mol. The molecule has 2 saturated heterocycles. The van der Waals surface area contributed by atoms with Gasteiger partial charge in [-0.1, -0.05) is 219 Å². The first-order chi connectivity index (χ1) is 38.4. The predicted octanol–water partition coefficient (Wildman–Crippen LogP) is 12.7. The topological polar surface area (TPSA) is 102 Å². The highest BCUT2D eigenvalue weighted by Crippen LogP contribution is 2.39. The average molecular weight is 1090 g/mol. The van der Waals surface area contributed by atoms with E-state index in [1.165, 1.54) is 0 Å². The minimum absolute atomic E-state index is 0.200. The lowest BCUT2D eigenvalue weighted by Gasteiger charge is -2.50. The second-order valence-electron chi connectivity index (χ2n) is 19.9. The van der Waals surface area contributed by atoms with E-state index in [0.717, 1.165) is 44.7 Å². The van der Waals surface area contributed by atoms with Crippen molar-refractivity contribution >= 4 is 20.3 Å². The molecule has 0 aromatic heterocycles. The van der Waals surface area contributed by atoms with Gasteiger partial charge < -0.3 is 51.5 Å². The van der Waals surface area contributed by atoms with Crippen LogP contribution in [-0.2, 0) is 97.7 Å². The van der Waals surface area contributed by atoms with Crippen LogP contribution < -0.4 is 0 Å². The molecule has 2 aliphatic rings. The molecule has 7 aromatic carbocycles. The lowest BCUT2D eigenvalue weighted by Crippen LogP contribution is -2.66. The molecule has 0 spiro atoms. The molecule has 0 aliphatic carbocycles. The standard InChI is InChI=1S/C65H74O11SSi/c1-4-77-65-63(61(71-45-54-36-22-10-23-37-54)59(69-43-52-32-18-8-19-33-52)57(74-65)48-67-41-50-28-14-6-15-29-50)76-78(2,3)75-62-60(70-44-53-34-20-9-21-35-53)58(68-42-51-30-16-7-17-31-51)56(47-66-40-49-26-12-5-13-27-49)73-64(62)72-46-55-38-24-11-25-39-55/h5-39,56-65H,4,40-48H2,1-3H3/t56-,57-,58-,59-,60+,61+,62-,63-,64-,65+/m1/s1. The maximum atomic E-state index is 7.57. The van der Waals surface area contributed by atoms with E-state index in [2.05, 4.69) is 92.8 Å². The minimum atomic E-state index is -3.40. The van der Waals surface area contributed by atoms with E-state index in [1.54, 1.807) is 11.8 Å². The van der Waals surface area contributed by atoms with Gasteiger partial charge in [0.05, 0.1) is 59.5 Å². The Labute approximate surface area is 466 Å². The largest absolute Gasteiger partial charge is 0.385 e. The smallest absolute Gasteiger partial charge is 0.332 e. The Hall–Kier alpha value is -5.33. The van der Waals surface area contributed by atoms with E-state index in [4.69, 9.17) is 51.5 Å². The maximum absolute atomic E-state index is 7.57. The number of benzene rings is 7. The van der Waals surface area contributed by atoms with Gasteiger partial charge in [0.25, 0.3) is 0 Å². The normalized spacial score (nSPS) is 23.5. The number of rotatable bonds is 29. The first kappa shape index (κ1) is 57.4. The van der Waals surface area contributed by atoms with Gasteiger partial charge in [-0.25, -0.2) is 0 Å². The maximum Gasteiger partial charge on any atom is 0.332 e. The van der Waals surface area contributed by atoms with E-state index in [1.807, 2.05) is 140 Å². The molecule has 78 heavy (non-hydrogen) atoms. The first-order valence-electron chi connectivity index (χ1n) is 27.2. The number of ether oxygens (including phenoxy) is 9. The molecule has 2 fully saturated rings. The zero-order valence-electron chi connectivity index (χ0n) is 45.0. The monoisotopic (exact) mass is 1090 g/mol. The van der Waals surface area contributed by atoms with Gasteiger partial charge in [0.2, 0.25) is 0 Å². The third-order valence-corrected chi connectivity index (χ3v) is 16.3. The summed E-state index contributed by atoms with van der Waals surface area (Å²) in [5.74, 6) is 0.751. The summed E-state index contributed by atoms with van der Waals surface area (Å²) >= 11 is 1.67. The highest BCUT2D eigenvalue weighted by molar-refractivity contribution is 7.99. The second-order valence-corrected chi connectivity index (χ2v) is 24.6. The molecule has 11 nitrogen and oxygen atoms in total. The number of thioether (sulfide) groups is 1. The molecule has 0 unspecified atom stereocenters. The molecule has 0 bridgehead atoms. The average Bonchev–Trinajstić information content (AvgIpc) is 3.51. The molecule has 10 atom stereocenters. The van der Waals surface area contributed by atoms with Crippen LogP contribution in [-0.4, -0.2) is 88.1 Å².